The normalized spacial score (nSPS) is 10.3. The molecule has 0 bridgehead atoms. The van der Waals surface area contributed by atoms with Gasteiger partial charge in [0.05, 0.1) is 11.2 Å². The molecule has 0 aliphatic carbocycles. The number of aromatic nitrogens is 3. The molecule has 2 rings (SSSR count). The first kappa shape index (κ1) is 11.1. The van der Waals surface area contributed by atoms with Gasteiger partial charge in [-0.15, -0.1) is 11.3 Å². The second-order valence-electron chi connectivity index (χ2n) is 3.08. The molecule has 0 aliphatic heterocycles. The van der Waals surface area contributed by atoms with Crippen molar-refractivity contribution >= 4 is 34.4 Å². The van der Waals surface area contributed by atoms with Gasteiger partial charge < -0.3 is 11.1 Å². The minimum absolute atomic E-state index is 0.270. The van der Waals surface area contributed by atoms with Gasteiger partial charge in [-0.25, -0.2) is 15.0 Å². The van der Waals surface area contributed by atoms with Gasteiger partial charge in [0.1, 0.15) is 12.0 Å². The predicted molar refractivity (Wildman–Crippen MR) is 65.8 cm³/mol. The minimum Gasteiger partial charge on any atom is -0.393 e. The number of halogens is 1. The van der Waals surface area contributed by atoms with E-state index >= 15 is 0 Å². The summed E-state index contributed by atoms with van der Waals surface area (Å²) in [5.41, 5.74) is 8.95. The maximum atomic E-state index is 5.77. The van der Waals surface area contributed by atoms with E-state index in [1.54, 1.807) is 11.3 Å². The zero-order valence-electron chi connectivity index (χ0n) is 8.35. The van der Waals surface area contributed by atoms with Crippen molar-refractivity contribution in [2.75, 3.05) is 17.6 Å². The summed E-state index contributed by atoms with van der Waals surface area (Å²) in [5.74, 6) is 0.565. The van der Waals surface area contributed by atoms with Gasteiger partial charge >= 0.3 is 0 Å². The highest BCUT2D eigenvalue weighted by atomic mass is 35.5. The van der Waals surface area contributed by atoms with Crippen LogP contribution < -0.4 is 11.1 Å². The van der Waals surface area contributed by atoms with Gasteiger partial charge in [0.15, 0.2) is 11.0 Å². The zero-order valence-corrected chi connectivity index (χ0v) is 9.92. The van der Waals surface area contributed by atoms with Gasteiger partial charge in [0.25, 0.3) is 0 Å². The molecule has 0 atom stereocenters. The Kier molecular flexibility index (Phi) is 3.53. The molecule has 2 heterocycles. The molecule has 0 aliphatic rings. The number of nitrogen functional groups attached to an aromatic ring is 1. The topological polar surface area (TPSA) is 76.7 Å². The Morgan fingerprint density at radius 2 is 2.25 bits per heavy atom. The third kappa shape index (κ3) is 2.59. The first-order valence-electron chi connectivity index (χ1n) is 4.64. The minimum atomic E-state index is 0.270. The first-order valence-corrected chi connectivity index (χ1v) is 5.96. The molecular formula is C9H10ClN5S. The van der Waals surface area contributed by atoms with Gasteiger partial charge in [0.2, 0.25) is 0 Å². The molecular weight excluding hydrogens is 246 g/mol. The van der Waals surface area contributed by atoms with Crippen LogP contribution in [0.1, 0.15) is 5.69 Å². The van der Waals surface area contributed by atoms with Crippen LogP contribution >= 0.6 is 22.9 Å². The average Bonchev–Trinajstić information content (AvgIpc) is 2.77. The van der Waals surface area contributed by atoms with Crippen molar-refractivity contribution in [1.82, 2.24) is 15.0 Å². The van der Waals surface area contributed by atoms with Crippen LogP contribution in [0.15, 0.2) is 17.2 Å². The van der Waals surface area contributed by atoms with E-state index in [2.05, 4.69) is 20.3 Å². The lowest BCUT2D eigenvalue weighted by molar-refractivity contribution is 0.965. The number of hydrogen-bond donors (Lipinski definition) is 2. The molecule has 2 aromatic heterocycles. The van der Waals surface area contributed by atoms with Crippen molar-refractivity contribution in [3.8, 4) is 0 Å². The summed E-state index contributed by atoms with van der Waals surface area (Å²) in [5, 5.41) is 5.38. The van der Waals surface area contributed by atoms with Crippen molar-refractivity contribution < 1.29 is 0 Å². The molecule has 2 aromatic rings. The van der Waals surface area contributed by atoms with E-state index in [0.29, 0.717) is 18.1 Å². The van der Waals surface area contributed by atoms with E-state index in [9.17, 15) is 0 Å². The summed E-state index contributed by atoms with van der Waals surface area (Å²) in [6.07, 6.45) is 2.20. The molecule has 5 nitrogen and oxygen atoms in total. The Morgan fingerprint density at radius 3 is 3.00 bits per heavy atom. The van der Waals surface area contributed by atoms with Gasteiger partial charge in [-0.2, -0.15) is 0 Å². The summed E-state index contributed by atoms with van der Waals surface area (Å²) >= 11 is 7.35. The maximum absolute atomic E-state index is 5.77. The lowest BCUT2D eigenvalue weighted by Crippen LogP contribution is -2.09. The maximum Gasteiger partial charge on any atom is 0.157 e. The van der Waals surface area contributed by atoms with Crippen molar-refractivity contribution in [2.24, 2.45) is 0 Å². The van der Waals surface area contributed by atoms with Gasteiger partial charge in [-0.05, 0) is 0 Å². The first-order chi connectivity index (χ1) is 7.77. The Hall–Kier alpha value is -1.40. The number of nitrogens with zero attached hydrogens (tertiary/aromatic N) is 3. The smallest absolute Gasteiger partial charge is 0.157 e. The van der Waals surface area contributed by atoms with Crippen molar-refractivity contribution in [2.45, 2.75) is 6.42 Å². The fourth-order valence-electron chi connectivity index (χ4n) is 1.18. The van der Waals surface area contributed by atoms with Gasteiger partial charge in [-0.3, -0.25) is 0 Å². The molecule has 0 fully saturated rings. The fraction of sp³-hybridized carbons (Fsp3) is 0.222. The summed E-state index contributed by atoms with van der Waals surface area (Å²) in [6.45, 7) is 0.710. The Balaban J connectivity index is 1.92. The van der Waals surface area contributed by atoms with Crippen LogP contribution in [0.4, 0.5) is 11.5 Å². The number of nitrogens with one attached hydrogen (secondary N) is 1. The molecule has 3 N–H and O–H groups in total. The number of thiazole rings is 1. The highest BCUT2D eigenvalue weighted by molar-refractivity contribution is 7.07. The van der Waals surface area contributed by atoms with E-state index < -0.39 is 0 Å². The molecule has 84 valence electrons. The summed E-state index contributed by atoms with van der Waals surface area (Å²) in [6, 6.07) is 0. The third-order valence-electron chi connectivity index (χ3n) is 1.99. The summed E-state index contributed by atoms with van der Waals surface area (Å²) < 4.78 is 0. The van der Waals surface area contributed by atoms with Crippen LogP contribution in [0, 0.1) is 0 Å². The van der Waals surface area contributed by atoms with E-state index in [-0.39, 0.29) is 5.15 Å². The molecule has 0 spiro atoms. The molecule has 0 aromatic carbocycles. The Labute approximate surface area is 102 Å². The Bertz CT molecular complexity index is 459. The fourth-order valence-corrected chi connectivity index (χ4v) is 1.91. The SMILES string of the molecule is Nc1c(Cl)ncnc1NCCc1cscn1. The number of hydrogen-bond acceptors (Lipinski definition) is 6. The quantitative estimate of drug-likeness (QED) is 0.815. The van der Waals surface area contributed by atoms with E-state index in [1.165, 1.54) is 6.33 Å². The molecule has 0 amide bonds. The average molecular weight is 256 g/mol. The summed E-state index contributed by atoms with van der Waals surface area (Å²) in [7, 11) is 0. The number of rotatable bonds is 4. The van der Waals surface area contributed by atoms with Gasteiger partial charge in [-0.1, -0.05) is 11.6 Å². The standard InChI is InChI=1S/C9H10ClN5S/c10-8-7(11)9(14-4-13-8)12-2-1-6-3-16-5-15-6/h3-5H,1-2,11H2,(H,12,13,14). The highest BCUT2D eigenvalue weighted by Crippen LogP contribution is 2.21. The van der Waals surface area contributed by atoms with Gasteiger partial charge in [0, 0.05) is 18.3 Å². The van der Waals surface area contributed by atoms with Crippen LogP contribution in [0.3, 0.4) is 0 Å². The van der Waals surface area contributed by atoms with Crippen LogP contribution in [0.5, 0.6) is 0 Å². The van der Waals surface area contributed by atoms with E-state index in [4.69, 9.17) is 17.3 Å². The van der Waals surface area contributed by atoms with Crippen molar-refractivity contribution in [3.63, 3.8) is 0 Å². The summed E-state index contributed by atoms with van der Waals surface area (Å²) in [4.78, 5) is 12.0. The lowest BCUT2D eigenvalue weighted by Gasteiger charge is -2.07. The molecule has 0 radical (unpaired) electrons. The van der Waals surface area contributed by atoms with E-state index in [1.807, 2.05) is 10.9 Å². The molecule has 0 saturated carbocycles. The molecule has 16 heavy (non-hydrogen) atoms. The van der Waals surface area contributed by atoms with Crippen LogP contribution in [0.25, 0.3) is 0 Å². The molecule has 0 unspecified atom stereocenters. The number of anilines is 2. The van der Waals surface area contributed by atoms with Crippen LogP contribution in [-0.2, 0) is 6.42 Å². The second kappa shape index (κ2) is 5.09. The highest BCUT2D eigenvalue weighted by Gasteiger charge is 2.05. The molecule has 0 saturated heterocycles. The van der Waals surface area contributed by atoms with Crippen molar-refractivity contribution in [3.05, 3.63) is 28.1 Å². The second-order valence-corrected chi connectivity index (χ2v) is 4.16. The Morgan fingerprint density at radius 1 is 1.38 bits per heavy atom. The zero-order chi connectivity index (χ0) is 11.4. The predicted octanol–water partition coefficient (Wildman–Crippen LogP) is 1.82. The van der Waals surface area contributed by atoms with Crippen molar-refractivity contribution in [1.29, 1.82) is 0 Å². The number of nitrogens with two attached hydrogens (primary N) is 1. The lowest BCUT2D eigenvalue weighted by atomic mass is 10.3. The molecule has 7 heteroatoms. The monoisotopic (exact) mass is 255 g/mol. The van der Waals surface area contributed by atoms with E-state index in [0.717, 1.165) is 12.1 Å². The third-order valence-corrected chi connectivity index (χ3v) is 2.93. The van der Waals surface area contributed by atoms with Crippen LogP contribution in [-0.4, -0.2) is 21.5 Å². The van der Waals surface area contributed by atoms with Crippen LogP contribution in [0.2, 0.25) is 5.15 Å². The largest absolute Gasteiger partial charge is 0.393 e.